The monoisotopic (exact) mass is 720 g/mol. The molecule has 0 saturated carbocycles. The van der Waals surface area contributed by atoms with Gasteiger partial charge >= 0.3 is 6.03 Å². The molecule has 3 saturated heterocycles. The van der Waals surface area contributed by atoms with Crippen LogP contribution >= 0.6 is 0 Å². The summed E-state index contributed by atoms with van der Waals surface area (Å²) in [6, 6.07) is 20.3. The van der Waals surface area contributed by atoms with E-state index < -0.39 is 18.2 Å². The number of benzene rings is 3. The first kappa shape index (κ1) is 35.6. The van der Waals surface area contributed by atoms with Crippen LogP contribution in [0.15, 0.2) is 85.5 Å². The van der Waals surface area contributed by atoms with Crippen molar-refractivity contribution in [2.75, 3.05) is 52.9 Å². The van der Waals surface area contributed by atoms with E-state index in [0.717, 1.165) is 29.8 Å². The molecule has 3 aliphatic rings. The lowest BCUT2D eigenvalue weighted by Gasteiger charge is -2.55. The molecule has 15 nitrogen and oxygen atoms in total. The summed E-state index contributed by atoms with van der Waals surface area (Å²) < 4.78 is 1.60. The zero-order valence-electron chi connectivity index (χ0n) is 29.8. The number of fused-ring (bicyclic) bond motifs is 2. The normalized spacial score (nSPS) is 19.8. The Hall–Kier alpha value is -5.80. The molecule has 53 heavy (non-hydrogen) atoms. The molecule has 0 unspecified atom stereocenters. The number of phenolic OH excluding ortho intramolecular Hbond substituents is 1. The van der Waals surface area contributed by atoms with Crippen LogP contribution in [0.3, 0.4) is 0 Å². The molecule has 3 aliphatic heterocycles. The van der Waals surface area contributed by atoms with Crippen LogP contribution in [0.4, 0.5) is 4.79 Å². The maximum absolute atomic E-state index is 14.5. The zero-order chi connectivity index (χ0) is 37.1. The van der Waals surface area contributed by atoms with E-state index in [9.17, 15) is 24.3 Å². The quantitative estimate of drug-likeness (QED) is 0.233. The van der Waals surface area contributed by atoms with E-state index in [2.05, 4.69) is 27.1 Å². The highest BCUT2D eigenvalue weighted by molar-refractivity contribution is 5.92. The fourth-order valence-corrected chi connectivity index (χ4v) is 7.34. The SMILES string of the molecule is C=CCN1CC(=O)N2[C@@H](Cc3ccc(O)cc3)C(=O)N(Cc3cccc4c3nnn4CC(=O)N3CCN(C)CC3)C[C@@H]2N1C(=O)NCc1ccccc1. The van der Waals surface area contributed by atoms with Crippen LogP contribution in [0.25, 0.3) is 11.0 Å². The molecular weight excluding hydrogens is 676 g/mol. The largest absolute Gasteiger partial charge is 0.508 e. The molecule has 3 fully saturated rings. The Morgan fingerprint density at radius 2 is 1.72 bits per heavy atom. The zero-order valence-corrected chi connectivity index (χ0v) is 29.8. The van der Waals surface area contributed by atoms with Crippen LogP contribution in [0.5, 0.6) is 5.75 Å². The Balaban J connectivity index is 1.19. The number of aromatic hydroxyl groups is 1. The van der Waals surface area contributed by atoms with Gasteiger partial charge in [-0.15, -0.1) is 11.7 Å². The van der Waals surface area contributed by atoms with Gasteiger partial charge in [0.15, 0.2) is 0 Å². The van der Waals surface area contributed by atoms with E-state index in [1.54, 1.807) is 44.9 Å². The second kappa shape index (κ2) is 15.4. The van der Waals surface area contributed by atoms with E-state index in [-0.39, 0.29) is 69.2 Å². The van der Waals surface area contributed by atoms with Crippen molar-refractivity contribution in [1.82, 2.24) is 49.9 Å². The van der Waals surface area contributed by atoms with Crippen molar-refractivity contribution < 1.29 is 24.3 Å². The van der Waals surface area contributed by atoms with Crippen molar-refractivity contribution in [3.05, 3.63) is 102 Å². The Labute approximate surface area is 307 Å². The van der Waals surface area contributed by atoms with Gasteiger partial charge in [-0.1, -0.05) is 65.9 Å². The number of piperazine rings is 2. The number of hydrogen-bond donors (Lipinski definition) is 2. The highest BCUT2D eigenvalue weighted by Crippen LogP contribution is 2.30. The highest BCUT2D eigenvalue weighted by atomic mass is 16.3. The van der Waals surface area contributed by atoms with E-state index >= 15 is 0 Å². The summed E-state index contributed by atoms with van der Waals surface area (Å²) >= 11 is 0. The lowest BCUT2D eigenvalue weighted by atomic mass is 9.98. The van der Waals surface area contributed by atoms with Crippen molar-refractivity contribution in [3.8, 4) is 5.75 Å². The molecule has 0 aliphatic carbocycles. The van der Waals surface area contributed by atoms with Crippen LogP contribution < -0.4 is 5.32 Å². The van der Waals surface area contributed by atoms with Crippen LogP contribution in [0.1, 0.15) is 16.7 Å². The molecule has 4 heterocycles. The first-order valence-electron chi connectivity index (χ1n) is 17.8. The summed E-state index contributed by atoms with van der Waals surface area (Å²) in [4.78, 5) is 63.0. The fraction of sp³-hybridized carbons (Fsp3) is 0.368. The number of nitrogens with zero attached hydrogens (tertiary/aromatic N) is 9. The van der Waals surface area contributed by atoms with Crippen molar-refractivity contribution >= 4 is 34.8 Å². The lowest BCUT2D eigenvalue weighted by molar-refractivity contribution is -0.189. The maximum Gasteiger partial charge on any atom is 0.334 e. The number of nitrogens with one attached hydrogen (secondary N) is 1. The van der Waals surface area contributed by atoms with E-state index in [1.807, 2.05) is 60.5 Å². The van der Waals surface area contributed by atoms with Gasteiger partial charge in [0, 0.05) is 57.8 Å². The minimum atomic E-state index is -0.933. The second-order valence-corrected chi connectivity index (χ2v) is 13.7. The number of likely N-dealkylation sites (N-methyl/N-ethyl adjacent to an activating group) is 1. The smallest absolute Gasteiger partial charge is 0.334 e. The van der Waals surface area contributed by atoms with Crippen LogP contribution in [0.2, 0.25) is 0 Å². The van der Waals surface area contributed by atoms with Gasteiger partial charge in [0.1, 0.15) is 30.0 Å². The van der Waals surface area contributed by atoms with Crippen LogP contribution in [0, 0.1) is 0 Å². The summed E-state index contributed by atoms with van der Waals surface area (Å²) in [5.74, 6) is -0.504. The molecule has 1 aromatic heterocycles. The predicted octanol–water partition coefficient (Wildman–Crippen LogP) is 1.65. The Morgan fingerprint density at radius 3 is 2.45 bits per heavy atom. The average molecular weight is 721 g/mol. The second-order valence-electron chi connectivity index (χ2n) is 13.7. The van der Waals surface area contributed by atoms with Gasteiger partial charge in [0.2, 0.25) is 17.7 Å². The third kappa shape index (κ3) is 7.57. The minimum absolute atomic E-state index is 0.0321. The van der Waals surface area contributed by atoms with Gasteiger partial charge in [-0.3, -0.25) is 14.4 Å². The number of carbonyl (C=O) groups is 4. The molecule has 2 N–H and O–H groups in total. The summed E-state index contributed by atoms with van der Waals surface area (Å²) in [5.41, 5.74) is 3.62. The molecular formula is C38H44N10O5. The predicted molar refractivity (Wildman–Crippen MR) is 196 cm³/mol. The number of urea groups is 1. The molecule has 7 rings (SSSR count). The third-order valence-electron chi connectivity index (χ3n) is 10.2. The van der Waals surface area contributed by atoms with Crippen LogP contribution in [-0.4, -0.2) is 139 Å². The van der Waals surface area contributed by atoms with Gasteiger partial charge < -0.3 is 30.0 Å². The average Bonchev–Trinajstić information content (AvgIpc) is 3.57. The number of rotatable bonds is 10. The number of hydrogen-bond acceptors (Lipinski definition) is 9. The Morgan fingerprint density at radius 1 is 0.962 bits per heavy atom. The Bertz CT molecular complexity index is 1980. The first-order valence-corrected chi connectivity index (χ1v) is 17.8. The maximum atomic E-state index is 14.5. The number of hydrazine groups is 1. The standard InChI is InChI=1S/C38H44N10O5/c1-3-16-45-25-35(51)47-32(21-27-12-14-30(49)15-13-27)37(52)44(24-33(47)48(45)38(53)39-22-28-8-5-4-6-9-28)23-29-10-7-11-31-36(29)40-41-46(31)26-34(50)43-19-17-42(2)18-20-43/h3-15,32-33,49H,1,16-26H2,2H3,(H,39,53)/t32-,33-/m0/s1. The Kier molecular flexibility index (Phi) is 10.4. The van der Waals surface area contributed by atoms with Gasteiger partial charge in [0.25, 0.3) is 0 Å². The molecule has 0 radical (unpaired) electrons. The molecule has 2 atom stereocenters. The summed E-state index contributed by atoms with van der Waals surface area (Å²) in [6.45, 7) is 7.40. The van der Waals surface area contributed by atoms with Gasteiger partial charge in [0.05, 0.1) is 18.6 Å². The number of carbonyl (C=O) groups excluding carboxylic acids is 4. The van der Waals surface area contributed by atoms with Crippen molar-refractivity contribution in [1.29, 1.82) is 0 Å². The number of amides is 5. The summed E-state index contributed by atoms with van der Waals surface area (Å²) in [5, 5.41) is 24.9. The lowest BCUT2D eigenvalue weighted by Crippen LogP contribution is -2.76. The van der Waals surface area contributed by atoms with Gasteiger partial charge in [-0.05, 0) is 36.4 Å². The molecule has 15 heteroatoms. The van der Waals surface area contributed by atoms with Crippen LogP contribution in [-0.2, 0) is 40.4 Å². The van der Waals surface area contributed by atoms with Crippen molar-refractivity contribution in [2.45, 2.75) is 38.3 Å². The number of phenols is 1. The first-order chi connectivity index (χ1) is 25.7. The summed E-state index contributed by atoms with van der Waals surface area (Å²) in [6.07, 6.45) is 0.981. The topological polar surface area (TPSA) is 151 Å². The number of aromatic nitrogens is 3. The van der Waals surface area contributed by atoms with E-state index in [4.69, 9.17) is 0 Å². The molecule has 0 bridgehead atoms. The molecule has 0 spiro atoms. The minimum Gasteiger partial charge on any atom is -0.508 e. The fourth-order valence-electron chi connectivity index (χ4n) is 7.34. The summed E-state index contributed by atoms with van der Waals surface area (Å²) in [7, 11) is 2.04. The van der Waals surface area contributed by atoms with Crippen molar-refractivity contribution in [3.63, 3.8) is 0 Å². The molecule has 3 aromatic carbocycles. The van der Waals surface area contributed by atoms with Crippen molar-refractivity contribution in [2.24, 2.45) is 0 Å². The van der Waals surface area contributed by atoms with E-state index in [0.29, 0.717) is 24.1 Å². The van der Waals surface area contributed by atoms with Gasteiger partial charge in [-0.25, -0.2) is 19.5 Å². The van der Waals surface area contributed by atoms with Gasteiger partial charge in [-0.2, -0.15) is 0 Å². The third-order valence-corrected chi connectivity index (χ3v) is 10.2. The molecule has 4 aromatic rings. The molecule has 5 amide bonds. The van der Waals surface area contributed by atoms with E-state index in [1.165, 1.54) is 9.91 Å². The highest BCUT2D eigenvalue weighted by Gasteiger charge is 2.51. The molecule has 276 valence electrons.